The molecule has 6 nitrogen and oxygen atoms in total. The molecule has 2 N–H and O–H groups in total. The number of anilines is 3. The van der Waals surface area contributed by atoms with Gasteiger partial charge in [-0.2, -0.15) is 0 Å². The largest absolute Gasteiger partial charge is 0.338 e. The maximum atomic E-state index is 12.7. The zero-order valence-corrected chi connectivity index (χ0v) is 16.5. The van der Waals surface area contributed by atoms with Crippen LogP contribution in [0.5, 0.6) is 0 Å². The molecule has 4 aromatic rings. The second-order valence-electron chi connectivity index (χ2n) is 6.94. The van der Waals surface area contributed by atoms with E-state index in [1.807, 2.05) is 62.4 Å². The lowest BCUT2D eigenvalue weighted by molar-refractivity contribution is 0.102. The van der Waals surface area contributed by atoms with E-state index in [9.17, 15) is 4.79 Å². The highest BCUT2D eigenvalue weighted by atomic mass is 16.1. The van der Waals surface area contributed by atoms with Gasteiger partial charge in [-0.15, -0.1) is 0 Å². The summed E-state index contributed by atoms with van der Waals surface area (Å²) in [7, 11) is 0. The molecule has 4 rings (SSSR count). The lowest BCUT2D eigenvalue weighted by Crippen LogP contribution is -2.15. The molecule has 6 heteroatoms. The Bertz CT molecular complexity index is 1210. The van der Waals surface area contributed by atoms with Crippen LogP contribution >= 0.6 is 0 Å². The minimum Gasteiger partial charge on any atom is -0.338 e. The van der Waals surface area contributed by atoms with Crippen LogP contribution in [-0.2, 0) is 0 Å². The van der Waals surface area contributed by atoms with Crippen molar-refractivity contribution in [3.63, 3.8) is 0 Å². The molecule has 0 radical (unpaired) electrons. The summed E-state index contributed by atoms with van der Waals surface area (Å²) in [4.78, 5) is 25.9. The molecular weight excluding hydrogens is 362 g/mol. The standard InChI is InChI=1S/C23H21N5O/c1-14-9-10-18(12-15(14)2)27-23(29)20-13-21(26-16(3)25-20)28-19-8-4-6-17-7-5-11-24-22(17)19/h4-13H,1-3H3,(H,27,29)(H,25,26,28). The van der Waals surface area contributed by atoms with Gasteiger partial charge in [0.1, 0.15) is 17.3 Å². The van der Waals surface area contributed by atoms with E-state index in [2.05, 4.69) is 25.6 Å². The molecule has 0 spiro atoms. The maximum Gasteiger partial charge on any atom is 0.274 e. The summed E-state index contributed by atoms with van der Waals surface area (Å²) in [6.07, 6.45) is 1.75. The third-order valence-electron chi connectivity index (χ3n) is 4.73. The van der Waals surface area contributed by atoms with Crippen molar-refractivity contribution in [2.24, 2.45) is 0 Å². The van der Waals surface area contributed by atoms with Crippen LogP contribution in [0, 0.1) is 20.8 Å². The lowest BCUT2D eigenvalue weighted by atomic mass is 10.1. The van der Waals surface area contributed by atoms with Crippen LogP contribution in [0.1, 0.15) is 27.4 Å². The van der Waals surface area contributed by atoms with Crippen molar-refractivity contribution < 1.29 is 4.79 Å². The van der Waals surface area contributed by atoms with Gasteiger partial charge in [0.05, 0.1) is 11.2 Å². The van der Waals surface area contributed by atoms with Crippen molar-refractivity contribution in [3.05, 3.63) is 83.4 Å². The number of hydrogen-bond acceptors (Lipinski definition) is 5. The van der Waals surface area contributed by atoms with E-state index in [1.54, 1.807) is 19.2 Å². The van der Waals surface area contributed by atoms with Gasteiger partial charge in [0.15, 0.2) is 0 Å². The first kappa shape index (κ1) is 18.6. The molecule has 0 aliphatic rings. The van der Waals surface area contributed by atoms with Crippen LogP contribution < -0.4 is 10.6 Å². The number of nitrogens with zero attached hydrogens (tertiary/aromatic N) is 3. The predicted octanol–water partition coefficient (Wildman–Crippen LogP) is 4.95. The fourth-order valence-corrected chi connectivity index (χ4v) is 3.11. The summed E-state index contributed by atoms with van der Waals surface area (Å²) >= 11 is 0. The second kappa shape index (κ2) is 7.67. The quantitative estimate of drug-likeness (QED) is 0.521. The first-order chi connectivity index (χ1) is 14.0. The van der Waals surface area contributed by atoms with E-state index in [1.165, 1.54) is 5.56 Å². The maximum absolute atomic E-state index is 12.7. The number of rotatable bonds is 4. The Morgan fingerprint density at radius 2 is 1.72 bits per heavy atom. The number of para-hydroxylation sites is 1. The number of benzene rings is 2. The zero-order valence-electron chi connectivity index (χ0n) is 16.5. The van der Waals surface area contributed by atoms with E-state index in [4.69, 9.17) is 0 Å². The normalized spacial score (nSPS) is 10.7. The highest BCUT2D eigenvalue weighted by molar-refractivity contribution is 6.03. The Morgan fingerprint density at radius 1 is 0.897 bits per heavy atom. The van der Waals surface area contributed by atoms with Crippen molar-refractivity contribution in [2.75, 3.05) is 10.6 Å². The third-order valence-corrected chi connectivity index (χ3v) is 4.73. The fourth-order valence-electron chi connectivity index (χ4n) is 3.11. The minimum atomic E-state index is -0.280. The Labute approximate surface area is 169 Å². The number of hydrogen-bond donors (Lipinski definition) is 2. The molecule has 0 unspecified atom stereocenters. The Kier molecular flexibility index (Phi) is 4.91. The molecule has 0 saturated carbocycles. The molecule has 2 aromatic heterocycles. The van der Waals surface area contributed by atoms with Crippen molar-refractivity contribution in [3.8, 4) is 0 Å². The van der Waals surface area contributed by atoms with Gasteiger partial charge < -0.3 is 10.6 Å². The Hall–Kier alpha value is -3.80. The summed E-state index contributed by atoms with van der Waals surface area (Å²) in [6, 6.07) is 17.2. The third kappa shape index (κ3) is 4.06. The van der Waals surface area contributed by atoms with Crippen LogP contribution in [0.15, 0.2) is 60.8 Å². The fraction of sp³-hybridized carbons (Fsp3) is 0.130. The zero-order chi connectivity index (χ0) is 20.4. The molecular formula is C23H21N5O. The van der Waals surface area contributed by atoms with Crippen molar-refractivity contribution in [1.82, 2.24) is 15.0 Å². The monoisotopic (exact) mass is 383 g/mol. The summed E-state index contributed by atoms with van der Waals surface area (Å²) < 4.78 is 0. The van der Waals surface area contributed by atoms with Crippen LogP contribution in [0.4, 0.5) is 17.2 Å². The number of pyridine rings is 1. The van der Waals surface area contributed by atoms with Gasteiger partial charge in [-0.1, -0.05) is 24.3 Å². The SMILES string of the molecule is Cc1nc(Nc2cccc3cccnc23)cc(C(=O)Nc2ccc(C)c(C)c2)n1. The molecule has 0 saturated heterocycles. The lowest BCUT2D eigenvalue weighted by Gasteiger charge is -2.11. The average Bonchev–Trinajstić information content (AvgIpc) is 2.70. The predicted molar refractivity (Wildman–Crippen MR) is 116 cm³/mol. The molecule has 2 heterocycles. The number of fused-ring (bicyclic) bond motifs is 1. The molecule has 0 fully saturated rings. The van der Waals surface area contributed by atoms with Crippen LogP contribution in [-0.4, -0.2) is 20.9 Å². The van der Waals surface area contributed by atoms with Gasteiger partial charge in [-0.25, -0.2) is 9.97 Å². The van der Waals surface area contributed by atoms with Gasteiger partial charge in [0.25, 0.3) is 5.91 Å². The summed E-state index contributed by atoms with van der Waals surface area (Å²) in [5.74, 6) is 0.771. The van der Waals surface area contributed by atoms with Crippen LogP contribution in [0.3, 0.4) is 0 Å². The number of aromatic nitrogens is 3. The van der Waals surface area contributed by atoms with E-state index in [0.717, 1.165) is 27.8 Å². The smallest absolute Gasteiger partial charge is 0.274 e. The van der Waals surface area contributed by atoms with Gasteiger partial charge in [0.2, 0.25) is 0 Å². The number of carbonyl (C=O) groups excluding carboxylic acids is 1. The highest BCUT2D eigenvalue weighted by Crippen LogP contribution is 2.24. The molecule has 2 aromatic carbocycles. The van der Waals surface area contributed by atoms with Crippen LogP contribution in [0.25, 0.3) is 10.9 Å². The highest BCUT2D eigenvalue weighted by Gasteiger charge is 2.12. The molecule has 144 valence electrons. The summed E-state index contributed by atoms with van der Waals surface area (Å²) in [6.45, 7) is 5.81. The number of carbonyl (C=O) groups is 1. The molecule has 0 bridgehead atoms. The second-order valence-corrected chi connectivity index (χ2v) is 6.94. The molecule has 1 amide bonds. The molecule has 0 aliphatic heterocycles. The van der Waals surface area contributed by atoms with Gasteiger partial charge in [0, 0.05) is 23.3 Å². The first-order valence-corrected chi connectivity index (χ1v) is 9.35. The molecule has 0 aliphatic carbocycles. The summed E-state index contributed by atoms with van der Waals surface area (Å²) in [5.41, 5.74) is 4.99. The van der Waals surface area contributed by atoms with Gasteiger partial charge in [-0.05, 0) is 56.2 Å². The van der Waals surface area contributed by atoms with E-state index in [-0.39, 0.29) is 5.91 Å². The number of nitrogens with one attached hydrogen (secondary N) is 2. The van der Waals surface area contributed by atoms with Crippen molar-refractivity contribution >= 4 is 34.0 Å². The minimum absolute atomic E-state index is 0.280. The molecule has 0 atom stereocenters. The Balaban J connectivity index is 1.61. The van der Waals surface area contributed by atoms with Crippen molar-refractivity contribution in [2.45, 2.75) is 20.8 Å². The van der Waals surface area contributed by atoms with Crippen LogP contribution in [0.2, 0.25) is 0 Å². The van der Waals surface area contributed by atoms with E-state index in [0.29, 0.717) is 17.3 Å². The number of aryl methyl sites for hydroxylation is 3. The topological polar surface area (TPSA) is 79.8 Å². The van der Waals surface area contributed by atoms with Crippen molar-refractivity contribution in [1.29, 1.82) is 0 Å². The first-order valence-electron chi connectivity index (χ1n) is 9.35. The van der Waals surface area contributed by atoms with Gasteiger partial charge >= 0.3 is 0 Å². The molecule has 29 heavy (non-hydrogen) atoms. The Morgan fingerprint density at radius 3 is 2.55 bits per heavy atom. The summed E-state index contributed by atoms with van der Waals surface area (Å²) in [5, 5.41) is 7.20. The van der Waals surface area contributed by atoms with E-state index < -0.39 is 0 Å². The average molecular weight is 383 g/mol. The van der Waals surface area contributed by atoms with E-state index >= 15 is 0 Å². The number of amides is 1. The van der Waals surface area contributed by atoms with Gasteiger partial charge in [-0.3, -0.25) is 9.78 Å².